The standard InChI is InChI=1S/C19H24N2O3.ClH/c1-23-17-10-7-14(12-18(17)24-2)4-3-11-21-19(22)13-15-5-8-16(20)9-6-15;/h5-10,12H,3-4,11,13,20H2,1-2H3,(H,21,22);1H. The molecule has 3 N–H and O–H groups in total. The van der Waals surface area contributed by atoms with E-state index in [1.165, 1.54) is 0 Å². The van der Waals surface area contributed by atoms with E-state index in [1.807, 2.05) is 30.3 Å². The maximum atomic E-state index is 11.9. The first-order chi connectivity index (χ1) is 11.6. The lowest BCUT2D eigenvalue weighted by Gasteiger charge is -2.10. The van der Waals surface area contributed by atoms with Gasteiger partial charge >= 0.3 is 0 Å². The molecule has 0 heterocycles. The average molecular weight is 365 g/mol. The predicted molar refractivity (Wildman–Crippen MR) is 103 cm³/mol. The van der Waals surface area contributed by atoms with Crippen LogP contribution in [0.5, 0.6) is 11.5 Å². The van der Waals surface area contributed by atoms with Gasteiger partial charge in [-0.3, -0.25) is 4.79 Å². The highest BCUT2D eigenvalue weighted by Gasteiger charge is 2.05. The van der Waals surface area contributed by atoms with Crippen molar-refractivity contribution in [3.05, 3.63) is 53.6 Å². The van der Waals surface area contributed by atoms with Crippen LogP contribution >= 0.6 is 12.4 Å². The van der Waals surface area contributed by atoms with Gasteiger partial charge in [-0.1, -0.05) is 18.2 Å². The summed E-state index contributed by atoms with van der Waals surface area (Å²) in [6.45, 7) is 0.641. The average Bonchev–Trinajstić information content (AvgIpc) is 2.60. The lowest BCUT2D eigenvalue weighted by Crippen LogP contribution is -2.26. The fourth-order valence-corrected chi connectivity index (χ4v) is 2.44. The quantitative estimate of drug-likeness (QED) is 0.558. The number of methoxy groups -OCH3 is 2. The van der Waals surface area contributed by atoms with Crippen molar-refractivity contribution in [3.63, 3.8) is 0 Å². The van der Waals surface area contributed by atoms with E-state index < -0.39 is 0 Å². The second kappa shape index (κ2) is 10.5. The molecule has 0 aliphatic carbocycles. The molecule has 1 amide bonds. The molecule has 0 bridgehead atoms. The zero-order valence-electron chi connectivity index (χ0n) is 14.6. The molecule has 0 spiro atoms. The van der Waals surface area contributed by atoms with Crippen LogP contribution in [0.2, 0.25) is 0 Å². The van der Waals surface area contributed by atoms with Gasteiger partial charge in [-0.15, -0.1) is 12.4 Å². The van der Waals surface area contributed by atoms with Gasteiger partial charge in [0.1, 0.15) is 0 Å². The summed E-state index contributed by atoms with van der Waals surface area (Å²) in [5.74, 6) is 1.47. The van der Waals surface area contributed by atoms with Crippen LogP contribution in [-0.4, -0.2) is 26.7 Å². The lowest BCUT2D eigenvalue weighted by atomic mass is 10.1. The highest BCUT2D eigenvalue weighted by Crippen LogP contribution is 2.27. The van der Waals surface area contributed by atoms with E-state index in [4.69, 9.17) is 15.2 Å². The third-order valence-corrected chi connectivity index (χ3v) is 3.76. The van der Waals surface area contributed by atoms with E-state index in [1.54, 1.807) is 26.4 Å². The van der Waals surface area contributed by atoms with Gasteiger partial charge in [0.15, 0.2) is 11.5 Å². The van der Waals surface area contributed by atoms with Crippen LogP contribution in [0.3, 0.4) is 0 Å². The van der Waals surface area contributed by atoms with Crippen molar-refractivity contribution in [1.29, 1.82) is 0 Å². The topological polar surface area (TPSA) is 73.6 Å². The molecule has 136 valence electrons. The molecule has 0 atom stereocenters. The smallest absolute Gasteiger partial charge is 0.224 e. The molecule has 0 unspecified atom stereocenters. The zero-order valence-corrected chi connectivity index (χ0v) is 15.4. The molecule has 0 aromatic heterocycles. The number of amides is 1. The molecule has 0 aliphatic rings. The number of nitrogens with one attached hydrogen (secondary N) is 1. The highest BCUT2D eigenvalue weighted by atomic mass is 35.5. The Labute approximate surface area is 154 Å². The van der Waals surface area contributed by atoms with Crippen LogP contribution in [0.25, 0.3) is 0 Å². The molecular formula is C19H25ClN2O3. The normalized spacial score (nSPS) is 9.84. The molecule has 2 aromatic carbocycles. The van der Waals surface area contributed by atoms with Crippen molar-refractivity contribution in [2.24, 2.45) is 0 Å². The molecule has 2 aromatic rings. The van der Waals surface area contributed by atoms with Crippen molar-refractivity contribution in [1.82, 2.24) is 5.32 Å². The van der Waals surface area contributed by atoms with Crippen LogP contribution < -0.4 is 20.5 Å². The van der Waals surface area contributed by atoms with Crippen LogP contribution in [0.1, 0.15) is 17.5 Å². The molecule has 0 aliphatic heterocycles. The first-order valence-electron chi connectivity index (χ1n) is 7.94. The van der Waals surface area contributed by atoms with E-state index in [0.29, 0.717) is 18.7 Å². The fourth-order valence-electron chi connectivity index (χ4n) is 2.44. The third kappa shape index (κ3) is 6.55. The number of nitrogen functional groups attached to an aromatic ring is 1. The summed E-state index contributed by atoms with van der Waals surface area (Å²) in [6.07, 6.45) is 2.10. The molecule has 0 fully saturated rings. The monoisotopic (exact) mass is 364 g/mol. The number of nitrogens with two attached hydrogens (primary N) is 1. The maximum absolute atomic E-state index is 11.9. The summed E-state index contributed by atoms with van der Waals surface area (Å²) in [6, 6.07) is 13.2. The van der Waals surface area contributed by atoms with Crippen molar-refractivity contribution >= 4 is 24.0 Å². The van der Waals surface area contributed by atoms with Gasteiger partial charge in [-0.25, -0.2) is 0 Å². The van der Waals surface area contributed by atoms with Crippen molar-refractivity contribution in [3.8, 4) is 11.5 Å². The molecule has 5 nitrogen and oxygen atoms in total. The Bertz CT molecular complexity index is 675. The van der Waals surface area contributed by atoms with Crippen LogP contribution in [0.15, 0.2) is 42.5 Å². The number of halogens is 1. The number of carbonyl (C=O) groups is 1. The first kappa shape index (κ1) is 20.6. The second-order valence-corrected chi connectivity index (χ2v) is 5.56. The van der Waals surface area contributed by atoms with Gasteiger partial charge < -0.3 is 20.5 Å². The number of anilines is 1. The number of aryl methyl sites for hydroxylation is 1. The summed E-state index contributed by atoms with van der Waals surface area (Å²) in [7, 11) is 3.24. The second-order valence-electron chi connectivity index (χ2n) is 5.56. The number of hydrogen-bond acceptors (Lipinski definition) is 4. The van der Waals surface area contributed by atoms with Crippen molar-refractivity contribution < 1.29 is 14.3 Å². The number of rotatable bonds is 8. The minimum atomic E-state index is 0. The molecule has 0 saturated carbocycles. The van der Waals surface area contributed by atoms with E-state index >= 15 is 0 Å². The van der Waals surface area contributed by atoms with E-state index in [2.05, 4.69) is 5.32 Å². The Hall–Kier alpha value is -2.40. The Morgan fingerprint density at radius 3 is 2.28 bits per heavy atom. The van der Waals surface area contributed by atoms with E-state index in [-0.39, 0.29) is 18.3 Å². The highest BCUT2D eigenvalue weighted by molar-refractivity contribution is 5.85. The summed E-state index contributed by atoms with van der Waals surface area (Å²) in [5, 5.41) is 2.94. The maximum Gasteiger partial charge on any atom is 0.224 e. The van der Waals surface area contributed by atoms with E-state index in [0.717, 1.165) is 35.5 Å². The SMILES string of the molecule is COc1ccc(CCCNC(=O)Cc2ccc(N)cc2)cc1OC.Cl. The van der Waals surface area contributed by atoms with Crippen LogP contribution in [0.4, 0.5) is 5.69 Å². The number of benzene rings is 2. The Morgan fingerprint density at radius 2 is 1.64 bits per heavy atom. The Kier molecular flexibility index (Phi) is 8.64. The number of ether oxygens (including phenoxy) is 2. The number of hydrogen-bond donors (Lipinski definition) is 2. The summed E-state index contributed by atoms with van der Waals surface area (Å²) in [5.41, 5.74) is 8.45. The molecular weight excluding hydrogens is 340 g/mol. The summed E-state index contributed by atoms with van der Waals surface area (Å²) < 4.78 is 10.5. The van der Waals surface area contributed by atoms with Gasteiger partial charge in [-0.2, -0.15) is 0 Å². The minimum absolute atomic E-state index is 0. The molecule has 6 heteroatoms. The van der Waals surface area contributed by atoms with Gasteiger partial charge in [0.05, 0.1) is 20.6 Å². The molecule has 25 heavy (non-hydrogen) atoms. The molecule has 0 radical (unpaired) electrons. The van der Waals surface area contributed by atoms with Crippen molar-refractivity contribution in [2.75, 3.05) is 26.5 Å². The predicted octanol–water partition coefficient (Wildman–Crippen LogP) is 3.00. The summed E-state index contributed by atoms with van der Waals surface area (Å²) in [4.78, 5) is 11.9. The fraction of sp³-hybridized carbons (Fsp3) is 0.316. The number of carbonyl (C=O) groups excluding carboxylic acids is 1. The molecule has 0 saturated heterocycles. The third-order valence-electron chi connectivity index (χ3n) is 3.76. The van der Waals surface area contributed by atoms with Gasteiger partial charge in [0.2, 0.25) is 5.91 Å². The molecule has 2 rings (SSSR count). The summed E-state index contributed by atoms with van der Waals surface area (Å²) >= 11 is 0. The lowest BCUT2D eigenvalue weighted by molar-refractivity contribution is -0.120. The van der Waals surface area contributed by atoms with Crippen molar-refractivity contribution in [2.45, 2.75) is 19.3 Å². The van der Waals surface area contributed by atoms with Gasteiger partial charge in [0, 0.05) is 12.2 Å². The van der Waals surface area contributed by atoms with Crippen LogP contribution in [-0.2, 0) is 17.6 Å². The minimum Gasteiger partial charge on any atom is -0.493 e. The van der Waals surface area contributed by atoms with E-state index in [9.17, 15) is 4.79 Å². The van der Waals surface area contributed by atoms with Gasteiger partial charge in [-0.05, 0) is 48.2 Å². The Balaban J connectivity index is 0.00000312. The Morgan fingerprint density at radius 1 is 1.00 bits per heavy atom. The first-order valence-corrected chi connectivity index (χ1v) is 7.94. The largest absolute Gasteiger partial charge is 0.493 e. The zero-order chi connectivity index (χ0) is 17.4. The van der Waals surface area contributed by atoms with Gasteiger partial charge in [0.25, 0.3) is 0 Å². The van der Waals surface area contributed by atoms with Crippen LogP contribution in [0, 0.1) is 0 Å².